The predicted molar refractivity (Wildman–Crippen MR) is 97.1 cm³/mol. The Morgan fingerprint density at radius 1 is 1.24 bits per heavy atom. The molecule has 1 atom stereocenters. The number of benzene rings is 1. The normalized spacial score (nSPS) is 17.7. The van der Waals surface area contributed by atoms with Crippen LogP contribution in [-0.2, 0) is 10.0 Å². The fraction of sp³-hybridized carbons (Fsp3) is 0.333. The topological polar surface area (TPSA) is 100 Å². The molecule has 25 heavy (non-hydrogen) atoms. The van der Waals surface area contributed by atoms with Gasteiger partial charge in [-0.25, -0.2) is 13.4 Å². The van der Waals surface area contributed by atoms with Crippen molar-refractivity contribution in [3.8, 4) is 17.3 Å². The molecule has 0 spiro atoms. The van der Waals surface area contributed by atoms with Crippen molar-refractivity contribution in [2.24, 2.45) is 5.73 Å². The monoisotopic (exact) mass is 358 g/mol. The maximum atomic E-state index is 12.9. The minimum atomic E-state index is -3.65. The fourth-order valence-electron chi connectivity index (χ4n) is 2.92. The smallest absolute Gasteiger partial charge is 0.260 e. The lowest BCUT2D eigenvalue weighted by Crippen LogP contribution is -2.40. The highest BCUT2D eigenvalue weighted by molar-refractivity contribution is 7.89. The third kappa shape index (κ3) is 3.71. The number of nitrogens with zero attached hydrogens (tertiary/aromatic N) is 3. The number of pyridine rings is 1. The van der Waals surface area contributed by atoms with Crippen molar-refractivity contribution in [1.82, 2.24) is 9.29 Å². The van der Waals surface area contributed by atoms with Gasteiger partial charge < -0.3 is 5.73 Å². The van der Waals surface area contributed by atoms with Crippen LogP contribution in [0, 0.1) is 11.3 Å². The van der Waals surface area contributed by atoms with Crippen molar-refractivity contribution in [1.29, 1.82) is 5.26 Å². The molecule has 2 N–H and O–H groups in total. The van der Waals surface area contributed by atoms with Crippen LogP contribution in [0.3, 0.4) is 0 Å². The molecule has 0 saturated carbocycles. The molecule has 1 aliphatic rings. The Hall–Kier alpha value is -2.27. The van der Waals surface area contributed by atoms with Crippen molar-refractivity contribution in [2.75, 3.05) is 13.1 Å². The van der Waals surface area contributed by atoms with Crippen molar-refractivity contribution in [3.63, 3.8) is 0 Å². The first-order valence-electron chi connectivity index (χ1n) is 7.76. The van der Waals surface area contributed by atoms with Gasteiger partial charge in [0.1, 0.15) is 0 Å². The van der Waals surface area contributed by atoms with Gasteiger partial charge in [-0.2, -0.15) is 9.57 Å². The van der Waals surface area contributed by atoms with Crippen LogP contribution >= 0.6 is 0 Å². The van der Waals surface area contributed by atoms with Crippen LogP contribution in [0.2, 0.25) is 0 Å². The molecule has 0 unspecified atom stereocenters. The lowest BCUT2D eigenvalue weighted by atomic mass is 10.1. The van der Waals surface area contributed by atoms with Crippen molar-refractivity contribution < 1.29 is 8.42 Å². The van der Waals surface area contributed by atoms with E-state index in [4.69, 9.17) is 11.0 Å². The molecule has 1 aliphatic heterocycles. The molecule has 2 aromatic rings. The number of rotatable bonds is 4. The number of sulfonamides is 1. The Kier molecular flexibility index (Phi) is 5.90. The van der Waals surface area contributed by atoms with E-state index in [-0.39, 0.29) is 18.5 Å². The van der Waals surface area contributed by atoms with Gasteiger partial charge >= 0.3 is 0 Å². The van der Waals surface area contributed by atoms with Gasteiger partial charge in [-0.05, 0) is 37.1 Å². The molecule has 7 heteroatoms. The van der Waals surface area contributed by atoms with E-state index in [1.54, 1.807) is 36.4 Å². The molecule has 1 aromatic carbocycles. The quantitative estimate of drug-likeness (QED) is 0.904. The van der Waals surface area contributed by atoms with Gasteiger partial charge in [-0.1, -0.05) is 25.6 Å². The van der Waals surface area contributed by atoms with Gasteiger partial charge in [-0.15, -0.1) is 0 Å². The summed E-state index contributed by atoms with van der Waals surface area (Å²) >= 11 is 0. The number of hydrogen-bond acceptors (Lipinski definition) is 5. The summed E-state index contributed by atoms with van der Waals surface area (Å²) in [5.41, 5.74) is 7.57. The number of nitriles is 1. The van der Waals surface area contributed by atoms with E-state index < -0.39 is 10.0 Å². The molecule has 1 fully saturated rings. The molecule has 0 aliphatic carbocycles. The SMILES string of the molecule is C.N#Cc1ccc(-c2cccc(S(=O)(=O)N3CCC[C@@H]3CN)n2)cc1. The van der Waals surface area contributed by atoms with Gasteiger partial charge in [0.05, 0.1) is 17.3 Å². The van der Waals surface area contributed by atoms with Crippen LogP contribution < -0.4 is 5.73 Å². The van der Waals surface area contributed by atoms with E-state index >= 15 is 0 Å². The highest BCUT2D eigenvalue weighted by Crippen LogP contribution is 2.26. The zero-order valence-electron chi connectivity index (χ0n) is 13.1. The number of aromatic nitrogens is 1. The standard InChI is InChI=1S/C17H18N4O2S.CH4/c18-11-13-6-8-14(9-7-13)16-4-1-5-17(20-16)24(22,23)21-10-2-3-15(21)12-19;/h1,4-9,15H,2-3,10,12,19H2;1H4/t15-;/m1./s1. The Morgan fingerprint density at radius 2 is 1.96 bits per heavy atom. The second kappa shape index (κ2) is 7.74. The van der Waals surface area contributed by atoms with E-state index in [1.807, 2.05) is 0 Å². The maximum Gasteiger partial charge on any atom is 0.260 e. The third-order valence-electron chi connectivity index (χ3n) is 4.20. The van der Waals surface area contributed by atoms with E-state index in [0.717, 1.165) is 18.4 Å². The molecule has 0 amide bonds. The molecule has 1 saturated heterocycles. The highest BCUT2D eigenvalue weighted by Gasteiger charge is 2.35. The summed E-state index contributed by atoms with van der Waals surface area (Å²) in [5, 5.41) is 8.89. The number of nitrogens with two attached hydrogens (primary N) is 1. The van der Waals surface area contributed by atoms with Crippen molar-refractivity contribution >= 4 is 10.0 Å². The van der Waals surface area contributed by atoms with Gasteiger partial charge in [0.25, 0.3) is 10.0 Å². The second-order valence-electron chi connectivity index (χ2n) is 5.70. The summed E-state index contributed by atoms with van der Waals surface area (Å²) in [4.78, 5) is 4.33. The van der Waals surface area contributed by atoms with Gasteiger partial charge in [0.15, 0.2) is 5.03 Å². The zero-order valence-corrected chi connectivity index (χ0v) is 13.9. The first-order valence-corrected chi connectivity index (χ1v) is 9.20. The summed E-state index contributed by atoms with van der Waals surface area (Å²) in [6, 6.07) is 13.7. The van der Waals surface area contributed by atoms with E-state index in [2.05, 4.69) is 11.1 Å². The van der Waals surface area contributed by atoms with E-state index in [0.29, 0.717) is 24.3 Å². The Labute approximate surface area is 149 Å². The van der Waals surface area contributed by atoms with Gasteiger partial charge in [0, 0.05) is 24.7 Å². The molecule has 6 nitrogen and oxygen atoms in total. The number of hydrogen-bond donors (Lipinski definition) is 1. The van der Waals surface area contributed by atoms with Crippen LogP contribution in [0.4, 0.5) is 0 Å². The predicted octanol–water partition coefficient (Wildman–Crippen LogP) is 2.37. The van der Waals surface area contributed by atoms with Crippen molar-refractivity contribution in [3.05, 3.63) is 48.0 Å². The lowest BCUT2D eigenvalue weighted by molar-refractivity contribution is 0.391. The Bertz CT molecular complexity index is 873. The largest absolute Gasteiger partial charge is 0.329 e. The van der Waals surface area contributed by atoms with Gasteiger partial charge in [0.2, 0.25) is 0 Å². The van der Waals surface area contributed by atoms with Crippen LogP contribution in [0.5, 0.6) is 0 Å². The molecule has 1 aromatic heterocycles. The Balaban J connectivity index is 0.00000225. The maximum absolute atomic E-state index is 12.9. The van der Waals surface area contributed by atoms with Crippen molar-refractivity contribution in [2.45, 2.75) is 31.3 Å². The second-order valence-corrected chi connectivity index (χ2v) is 7.54. The van der Waals surface area contributed by atoms with E-state index in [1.165, 1.54) is 10.4 Å². The molecule has 132 valence electrons. The first-order chi connectivity index (χ1) is 11.6. The molecule has 3 rings (SSSR count). The summed E-state index contributed by atoms with van der Waals surface area (Å²) in [7, 11) is -3.65. The molecular formula is C18H22N4O2S. The average molecular weight is 358 g/mol. The van der Waals surface area contributed by atoms with E-state index in [9.17, 15) is 8.42 Å². The first kappa shape index (κ1) is 19.1. The highest BCUT2D eigenvalue weighted by atomic mass is 32.2. The fourth-order valence-corrected chi connectivity index (χ4v) is 4.57. The summed E-state index contributed by atoms with van der Waals surface area (Å²) < 4.78 is 27.2. The van der Waals surface area contributed by atoms with Crippen LogP contribution in [-0.4, -0.2) is 36.8 Å². The minimum Gasteiger partial charge on any atom is -0.329 e. The molecule has 0 radical (unpaired) electrons. The summed E-state index contributed by atoms with van der Waals surface area (Å²) in [6.45, 7) is 0.793. The van der Waals surface area contributed by atoms with Gasteiger partial charge in [-0.3, -0.25) is 0 Å². The van der Waals surface area contributed by atoms with Crippen LogP contribution in [0.1, 0.15) is 25.8 Å². The summed E-state index contributed by atoms with van der Waals surface area (Å²) in [5.74, 6) is 0. The average Bonchev–Trinajstić information content (AvgIpc) is 3.11. The lowest BCUT2D eigenvalue weighted by Gasteiger charge is -2.22. The minimum absolute atomic E-state index is 0. The third-order valence-corrected chi connectivity index (χ3v) is 6.06. The Morgan fingerprint density at radius 3 is 2.60 bits per heavy atom. The molecular weight excluding hydrogens is 336 g/mol. The van der Waals surface area contributed by atoms with Crippen LogP contribution in [0.25, 0.3) is 11.3 Å². The zero-order chi connectivity index (χ0) is 17.2. The summed E-state index contributed by atoms with van der Waals surface area (Å²) in [6.07, 6.45) is 1.60. The van der Waals surface area contributed by atoms with Crippen LogP contribution in [0.15, 0.2) is 47.5 Å². The molecule has 0 bridgehead atoms. The molecule has 2 heterocycles.